The van der Waals surface area contributed by atoms with Gasteiger partial charge in [0.25, 0.3) is 0 Å². The van der Waals surface area contributed by atoms with E-state index in [1.54, 1.807) is 6.92 Å². The number of rotatable bonds is 5. The summed E-state index contributed by atoms with van der Waals surface area (Å²) in [4.78, 5) is 14.1. The Hall–Kier alpha value is -2.57. The van der Waals surface area contributed by atoms with E-state index in [1.807, 2.05) is 36.4 Å². The van der Waals surface area contributed by atoms with E-state index in [1.165, 1.54) is 0 Å². The molecule has 6 nitrogen and oxygen atoms in total. The minimum Gasteiger partial charge on any atom is -0.486 e. The Morgan fingerprint density at radius 2 is 1.79 bits per heavy atom. The van der Waals surface area contributed by atoms with E-state index in [-0.39, 0.29) is 11.4 Å². The highest BCUT2D eigenvalue weighted by Gasteiger charge is 2.37. The molecule has 1 fully saturated rings. The normalized spacial score (nSPS) is 19.4. The lowest BCUT2D eigenvalue weighted by atomic mass is 9.80. The topological polar surface area (TPSA) is 71.0 Å². The Balaban J connectivity index is 1.41. The van der Waals surface area contributed by atoms with Crippen LogP contribution in [0.15, 0.2) is 48.5 Å². The number of hydrogen-bond donors (Lipinski definition) is 2. The molecular formula is C23H28N2O4. The van der Waals surface area contributed by atoms with Gasteiger partial charge in [-0.2, -0.15) is 0 Å². The van der Waals surface area contributed by atoms with Crippen molar-refractivity contribution in [3.8, 4) is 11.5 Å². The molecule has 0 bridgehead atoms. The highest BCUT2D eigenvalue weighted by atomic mass is 16.6. The van der Waals surface area contributed by atoms with Crippen LogP contribution in [0.25, 0.3) is 0 Å². The maximum Gasteiger partial charge on any atom is 0.217 e. The summed E-state index contributed by atoms with van der Waals surface area (Å²) in [6.45, 7) is 4.81. The summed E-state index contributed by atoms with van der Waals surface area (Å²) in [5.74, 6) is 1.41. The highest BCUT2D eigenvalue weighted by Crippen LogP contribution is 2.35. The first-order valence-corrected chi connectivity index (χ1v) is 10.2. The standard InChI is InChI=1S/C23H28N2O4/c1-17(26)24-23(19-5-3-2-4-6-19)9-11-25(12-10-23)16-20(27)18-7-8-21-22(15-18)29-14-13-28-21/h2-8,15,20,27H,9-14,16H2,1H3,(H,24,26)/t20-/m0/s1. The van der Waals surface area contributed by atoms with Gasteiger partial charge in [-0.25, -0.2) is 0 Å². The quantitative estimate of drug-likeness (QED) is 0.813. The summed E-state index contributed by atoms with van der Waals surface area (Å²) >= 11 is 0. The minimum absolute atomic E-state index is 0.0152. The van der Waals surface area contributed by atoms with Gasteiger partial charge in [0.05, 0.1) is 11.6 Å². The number of aliphatic hydroxyl groups excluding tert-OH is 1. The van der Waals surface area contributed by atoms with E-state index in [0.717, 1.165) is 42.8 Å². The number of nitrogens with one attached hydrogen (secondary N) is 1. The van der Waals surface area contributed by atoms with E-state index in [9.17, 15) is 9.90 Å². The van der Waals surface area contributed by atoms with Crippen LogP contribution in [-0.4, -0.2) is 48.8 Å². The summed E-state index contributed by atoms with van der Waals surface area (Å²) in [6, 6.07) is 15.8. The van der Waals surface area contributed by atoms with Crippen LogP contribution in [0.5, 0.6) is 11.5 Å². The second-order valence-corrected chi connectivity index (χ2v) is 7.85. The van der Waals surface area contributed by atoms with Gasteiger partial charge in [0.1, 0.15) is 13.2 Å². The summed E-state index contributed by atoms with van der Waals surface area (Å²) in [6.07, 6.45) is 1.02. The number of carbonyl (C=O) groups excluding carboxylic acids is 1. The van der Waals surface area contributed by atoms with Crippen molar-refractivity contribution in [2.45, 2.75) is 31.4 Å². The summed E-state index contributed by atoms with van der Waals surface area (Å²) < 4.78 is 11.2. The summed E-state index contributed by atoms with van der Waals surface area (Å²) in [5.41, 5.74) is 1.63. The lowest BCUT2D eigenvalue weighted by Gasteiger charge is -2.43. The largest absolute Gasteiger partial charge is 0.486 e. The van der Waals surface area contributed by atoms with Crippen molar-refractivity contribution >= 4 is 5.91 Å². The number of amides is 1. The van der Waals surface area contributed by atoms with Crippen molar-refractivity contribution in [1.29, 1.82) is 0 Å². The molecule has 0 unspecified atom stereocenters. The van der Waals surface area contributed by atoms with Crippen molar-refractivity contribution < 1.29 is 19.4 Å². The first-order chi connectivity index (χ1) is 14.1. The van der Waals surface area contributed by atoms with E-state index < -0.39 is 6.10 Å². The third-order valence-corrected chi connectivity index (χ3v) is 5.83. The second-order valence-electron chi connectivity index (χ2n) is 7.85. The lowest BCUT2D eigenvalue weighted by Crippen LogP contribution is -2.53. The number of likely N-dealkylation sites (tertiary alicyclic amines) is 1. The van der Waals surface area contributed by atoms with Gasteiger partial charge in [-0.05, 0) is 36.1 Å². The first-order valence-electron chi connectivity index (χ1n) is 10.2. The molecule has 1 atom stereocenters. The number of fused-ring (bicyclic) bond motifs is 1. The maximum atomic E-state index is 11.9. The molecule has 1 saturated heterocycles. The van der Waals surface area contributed by atoms with E-state index in [0.29, 0.717) is 25.5 Å². The van der Waals surface area contributed by atoms with Crippen molar-refractivity contribution in [2.75, 3.05) is 32.8 Å². The molecule has 29 heavy (non-hydrogen) atoms. The van der Waals surface area contributed by atoms with Crippen LogP contribution in [0.3, 0.4) is 0 Å². The van der Waals surface area contributed by atoms with Crippen molar-refractivity contribution in [1.82, 2.24) is 10.2 Å². The average molecular weight is 396 g/mol. The predicted octanol–water partition coefficient (Wildman–Crippen LogP) is 2.62. The number of benzene rings is 2. The SMILES string of the molecule is CC(=O)NC1(c2ccccc2)CCN(C[C@H](O)c2ccc3c(c2)OCCO3)CC1. The fourth-order valence-corrected chi connectivity index (χ4v) is 4.31. The van der Waals surface area contributed by atoms with Gasteiger partial charge in [-0.1, -0.05) is 36.4 Å². The molecule has 0 spiro atoms. The Morgan fingerprint density at radius 3 is 2.48 bits per heavy atom. The van der Waals surface area contributed by atoms with E-state index in [2.05, 4.69) is 22.3 Å². The fourth-order valence-electron chi connectivity index (χ4n) is 4.31. The summed E-state index contributed by atoms with van der Waals surface area (Å²) in [7, 11) is 0. The Labute approximate surface area is 171 Å². The van der Waals surface area contributed by atoms with Gasteiger partial charge in [0.2, 0.25) is 5.91 Å². The Morgan fingerprint density at radius 1 is 1.10 bits per heavy atom. The number of ether oxygens (including phenoxy) is 2. The van der Waals surface area contributed by atoms with Crippen LogP contribution in [-0.2, 0) is 10.3 Å². The Bertz CT molecular complexity index is 847. The van der Waals surface area contributed by atoms with Crippen molar-refractivity contribution in [3.05, 3.63) is 59.7 Å². The monoisotopic (exact) mass is 396 g/mol. The molecule has 0 aromatic heterocycles. The van der Waals surface area contributed by atoms with Gasteiger partial charge in [-0.3, -0.25) is 4.79 Å². The number of nitrogens with zero attached hydrogens (tertiary/aromatic N) is 1. The highest BCUT2D eigenvalue weighted by molar-refractivity contribution is 5.74. The van der Waals surface area contributed by atoms with Crippen LogP contribution in [0, 0.1) is 0 Å². The third kappa shape index (κ3) is 4.38. The van der Waals surface area contributed by atoms with Crippen molar-refractivity contribution in [2.24, 2.45) is 0 Å². The third-order valence-electron chi connectivity index (χ3n) is 5.83. The molecule has 1 amide bonds. The molecule has 0 saturated carbocycles. The Kier molecular flexibility index (Phi) is 5.74. The fraction of sp³-hybridized carbons (Fsp3) is 0.435. The zero-order chi connectivity index (χ0) is 20.3. The molecule has 2 aromatic carbocycles. The molecule has 154 valence electrons. The predicted molar refractivity (Wildman–Crippen MR) is 110 cm³/mol. The maximum absolute atomic E-state index is 11.9. The molecule has 4 rings (SSSR count). The zero-order valence-electron chi connectivity index (χ0n) is 16.8. The van der Waals surface area contributed by atoms with E-state index in [4.69, 9.17) is 9.47 Å². The first kappa shape index (κ1) is 19.7. The molecule has 2 N–H and O–H groups in total. The lowest BCUT2D eigenvalue weighted by molar-refractivity contribution is -0.121. The molecule has 2 heterocycles. The van der Waals surface area contributed by atoms with Crippen LogP contribution in [0.4, 0.5) is 0 Å². The van der Waals surface area contributed by atoms with Crippen LogP contribution in [0.2, 0.25) is 0 Å². The zero-order valence-corrected chi connectivity index (χ0v) is 16.8. The number of aliphatic hydroxyl groups is 1. The van der Waals surface area contributed by atoms with Crippen molar-refractivity contribution in [3.63, 3.8) is 0 Å². The number of β-amino-alcohol motifs (C(OH)–C–C–N with tert-alkyl or cyclic N) is 1. The smallest absolute Gasteiger partial charge is 0.217 e. The molecule has 0 radical (unpaired) electrons. The molecule has 2 aliphatic rings. The number of piperidine rings is 1. The van der Waals surface area contributed by atoms with Gasteiger partial charge in [0.15, 0.2) is 11.5 Å². The number of carbonyl (C=O) groups is 1. The number of hydrogen-bond acceptors (Lipinski definition) is 5. The average Bonchev–Trinajstić information content (AvgIpc) is 2.75. The minimum atomic E-state index is -0.601. The van der Waals surface area contributed by atoms with Gasteiger partial charge in [0, 0.05) is 26.6 Å². The second kappa shape index (κ2) is 8.43. The van der Waals surface area contributed by atoms with Gasteiger partial charge >= 0.3 is 0 Å². The van der Waals surface area contributed by atoms with E-state index >= 15 is 0 Å². The molecular weight excluding hydrogens is 368 g/mol. The molecule has 6 heteroatoms. The van der Waals surface area contributed by atoms with Gasteiger partial charge < -0.3 is 24.8 Å². The van der Waals surface area contributed by atoms with Crippen LogP contribution < -0.4 is 14.8 Å². The molecule has 2 aromatic rings. The van der Waals surface area contributed by atoms with Crippen LogP contribution in [0.1, 0.15) is 37.0 Å². The summed E-state index contributed by atoms with van der Waals surface area (Å²) in [5, 5.41) is 14.0. The van der Waals surface area contributed by atoms with Crippen LogP contribution >= 0.6 is 0 Å². The van der Waals surface area contributed by atoms with Gasteiger partial charge in [-0.15, -0.1) is 0 Å². The molecule has 0 aliphatic carbocycles. The molecule has 2 aliphatic heterocycles.